The molecule has 0 radical (unpaired) electrons. The topological polar surface area (TPSA) is 21.1 Å². The summed E-state index contributed by atoms with van der Waals surface area (Å²) >= 11 is 3.41. The maximum atomic E-state index is 13.8. The number of rotatable bonds is 9. The van der Waals surface area contributed by atoms with Gasteiger partial charge in [0, 0.05) is 35.5 Å². The Hall–Kier alpha value is -1.20. The van der Waals surface area contributed by atoms with Gasteiger partial charge in [0.25, 0.3) is 0 Å². The van der Waals surface area contributed by atoms with Gasteiger partial charge in [-0.05, 0) is 50.2 Å². The minimum Gasteiger partial charge on any atom is -0.299 e. The van der Waals surface area contributed by atoms with Crippen molar-refractivity contribution >= 4 is 15.9 Å². The van der Waals surface area contributed by atoms with Crippen LogP contribution in [0.5, 0.6) is 0 Å². The Morgan fingerprint density at radius 3 is 2.86 bits per heavy atom. The van der Waals surface area contributed by atoms with Crippen molar-refractivity contribution in [2.24, 2.45) is 0 Å². The van der Waals surface area contributed by atoms with Crippen molar-refractivity contribution in [3.63, 3.8) is 0 Å². The summed E-state index contributed by atoms with van der Waals surface area (Å²) in [7, 11) is 0. The van der Waals surface area contributed by atoms with E-state index in [0.717, 1.165) is 48.9 Å². The third kappa shape index (κ3) is 5.54. The van der Waals surface area contributed by atoms with Crippen molar-refractivity contribution in [3.8, 4) is 0 Å². The van der Waals surface area contributed by atoms with Gasteiger partial charge < -0.3 is 0 Å². The highest BCUT2D eigenvalue weighted by molar-refractivity contribution is 9.10. The van der Waals surface area contributed by atoms with Crippen LogP contribution in [-0.2, 0) is 13.1 Å². The van der Waals surface area contributed by atoms with Gasteiger partial charge in [-0.1, -0.05) is 29.3 Å². The number of hydrogen-bond donors (Lipinski definition) is 0. The lowest BCUT2D eigenvalue weighted by atomic mass is 10.1. The first-order valence-corrected chi connectivity index (χ1v) is 8.62. The zero-order chi connectivity index (χ0) is 15.8. The van der Waals surface area contributed by atoms with Crippen LogP contribution in [0.15, 0.2) is 41.1 Å². The van der Waals surface area contributed by atoms with Crippen LogP contribution in [0, 0.1) is 5.82 Å². The minimum atomic E-state index is -0.125. The minimum absolute atomic E-state index is 0.125. The largest absolute Gasteiger partial charge is 0.299 e. The summed E-state index contributed by atoms with van der Waals surface area (Å²) < 4.78 is 16.7. The van der Waals surface area contributed by atoms with Crippen LogP contribution in [0.3, 0.4) is 0 Å². The molecule has 2 aromatic rings. The molecule has 0 fully saturated rings. The highest BCUT2D eigenvalue weighted by atomic mass is 79.9. The van der Waals surface area contributed by atoms with Gasteiger partial charge >= 0.3 is 0 Å². The number of aromatic nitrogens is 2. The summed E-state index contributed by atoms with van der Waals surface area (Å²) in [5, 5.41) is 4.20. The molecule has 0 aliphatic carbocycles. The lowest BCUT2D eigenvalue weighted by Crippen LogP contribution is -2.24. The van der Waals surface area contributed by atoms with Crippen LogP contribution in [-0.4, -0.2) is 27.8 Å². The van der Waals surface area contributed by atoms with E-state index in [1.807, 2.05) is 29.2 Å². The lowest BCUT2D eigenvalue weighted by molar-refractivity contribution is 0.268. The van der Waals surface area contributed by atoms with Crippen molar-refractivity contribution in [2.45, 2.75) is 39.3 Å². The van der Waals surface area contributed by atoms with E-state index in [1.165, 1.54) is 6.07 Å². The molecule has 1 aromatic heterocycles. The predicted molar refractivity (Wildman–Crippen MR) is 91.1 cm³/mol. The Bertz CT molecular complexity index is 557. The summed E-state index contributed by atoms with van der Waals surface area (Å²) in [6, 6.07) is 7.09. The molecule has 0 bridgehead atoms. The van der Waals surface area contributed by atoms with Crippen molar-refractivity contribution in [1.82, 2.24) is 14.7 Å². The SMILES string of the molecule is CCN(CCCCCn1cccn1)Cc1cc(Br)ccc1F. The van der Waals surface area contributed by atoms with E-state index in [1.54, 1.807) is 6.07 Å². The highest BCUT2D eigenvalue weighted by Gasteiger charge is 2.08. The highest BCUT2D eigenvalue weighted by Crippen LogP contribution is 2.17. The number of benzene rings is 1. The number of aryl methyl sites for hydroxylation is 1. The average Bonchev–Trinajstić information content (AvgIpc) is 3.02. The number of unbranched alkanes of at least 4 members (excludes halogenated alkanes) is 2. The van der Waals surface area contributed by atoms with E-state index in [2.05, 4.69) is 32.9 Å². The Labute approximate surface area is 140 Å². The van der Waals surface area contributed by atoms with Crippen molar-refractivity contribution in [3.05, 3.63) is 52.5 Å². The molecule has 0 spiro atoms. The molecule has 0 aliphatic heterocycles. The summed E-state index contributed by atoms with van der Waals surface area (Å²) in [6.45, 7) is 5.70. The molecule has 120 valence electrons. The first-order valence-electron chi connectivity index (χ1n) is 7.82. The summed E-state index contributed by atoms with van der Waals surface area (Å²) in [4.78, 5) is 2.29. The zero-order valence-electron chi connectivity index (χ0n) is 13.0. The standard InChI is InChI=1S/C17H23BrFN3/c1-2-21(14-15-13-16(18)7-8-17(15)19)10-4-3-5-11-22-12-6-9-20-22/h6-9,12-13H,2-5,10-11,14H2,1H3. The third-order valence-corrected chi connectivity index (χ3v) is 4.26. The van der Waals surface area contributed by atoms with Gasteiger partial charge in [0.15, 0.2) is 0 Å². The monoisotopic (exact) mass is 367 g/mol. The fourth-order valence-electron chi connectivity index (χ4n) is 2.47. The fourth-order valence-corrected chi connectivity index (χ4v) is 2.88. The van der Waals surface area contributed by atoms with Gasteiger partial charge in [-0.2, -0.15) is 5.10 Å². The molecule has 0 amide bonds. The van der Waals surface area contributed by atoms with Gasteiger partial charge in [0.05, 0.1) is 0 Å². The van der Waals surface area contributed by atoms with Crippen LogP contribution in [0.1, 0.15) is 31.7 Å². The van der Waals surface area contributed by atoms with Crippen molar-refractivity contribution in [2.75, 3.05) is 13.1 Å². The molecule has 1 aromatic carbocycles. The molecule has 0 N–H and O–H groups in total. The van der Waals surface area contributed by atoms with Gasteiger partial charge in [-0.25, -0.2) is 4.39 Å². The molecule has 1 heterocycles. The van der Waals surface area contributed by atoms with E-state index < -0.39 is 0 Å². The van der Waals surface area contributed by atoms with Crippen molar-refractivity contribution in [1.29, 1.82) is 0 Å². The maximum Gasteiger partial charge on any atom is 0.127 e. The third-order valence-electron chi connectivity index (χ3n) is 3.77. The molecular formula is C17H23BrFN3. The summed E-state index contributed by atoms with van der Waals surface area (Å²) in [5.74, 6) is -0.125. The normalized spacial score (nSPS) is 11.3. The number of hydrogen-bond acceptors (Lipinski definition) is 2. The number of nitrogens with zero attached hydrogens (tertiary/aromatic N) is 3. The van der Waals surface area contributed by atoms with Crippen LogP contribution in [0.4, 0.5) is 4.39 Å². The summed E-state index contributed by atoms with van der Waals surface area (Å²) in [6.07, 6.45) is 7.23. The Morgan fingerprint density at radius 2 is 2.14 bits per heavy atom. The maximum absolute atomic E-state index is 13.8. The van der Waals surface area contributed by atoms with E-state index >= 15 is 0 Å². The second kappa shape index (κ2) is 9.06. The molecule has 2 rings (SSSR count). The van der Waals surface area contributed by atoms with E-state index in [9.17, 15) is 4.39 Å². The Balaban J connectivity index is 1.71. The lowest BCUT2D eigenvalue weighted by Gasteiger charge is -2.21. The van der Waals surface area contributed by atoms with Crippen LogP contribution in [0.2, 0.25) is 0 Å². The molecular weight excluding hydrogens is 345 g/mol. The second-order valence-electron chi connectivity index (χ2n) is 5.43. The molecule has 0 atom stereocenters. The second-order valence-corrected chi connectivity index (χ2v) is 6.35. The fraction of sp³-hybridized carbons (Fsp3) is 0.471. The van der Waals surface area contributed by atoms with Crippen molar-refractivity contribution < 1.29 is 4.39 Å². The molecule has 0 unspecified atom stereocenters. The molecule has 5 heteroatoms. The van der Waals surface area contributed by atoms with Gasteiger partial charge in [0.2, 0.25) is 0 Å². The molecule has 22 heavy (non-hydrogen) atoms. The average molecular weight is 368 g/mol. The van der Waals surface area contributed by atoms with E-state index in [0.29, 0.717) is 6.54 Å². The van der Waals surface area contributed by atoms with Crippen LogP contribution >= 0.6 is 15.9 Å². The van der Waals surface area contributed by atoms with Gasteiger partial charge in [-0.3, -0.25) is 9.58 Å². The van der Waals surface area contributed by atoms with Crippen LogP contribution < -0.4 is 0 Å². The quantitative estimate of drug-likeness (QED) is 0.609. The van der Waals surface area contributed by atoms with Crippen LogP contribution in [0.25, 0.3) is 0 Å². The molecule has 0 saturated carbocycles. The Kier molecular flexibility index (Phi) is 7.06. The molecule has 0 aliphatic rings. The first-order chi connectivity index (χ1) is 10.7. The zero-order valence-corrected chi connectivity index (χ0v) is 14.6. The van der Waals surface area contributed by atoms with E-state index in [-0.39, 0.29) is 5.82 Å². The van der Waals surface area contributed by atoms with Gasteiger partial charge in [0.1, 0.15) is 5.82 Å². The summed E-state index contributed by atoms with van der Waals surface area (Å²) in [5.41, 5.74) is 0.757. The molecule has 3 nitrogen and oxygen atoms in total. The first kappa shape index (κ1) is 17.2. The Morgan fingerprint density at radius 1 is 1.27 bits per heavy atom. The molecule has 0 saturated heterocycles. The number of halogens is 2. The smallest absolute Gasteiger partial charge is 0.127 e. The predicted octanol–water partition coefficient (Wildman–Crippen LogP) is 4.48. The van der Waals surface area contributed by atoms with Gasteiger partial charge in [-0.15, -0.1) is 0 Å². The van der Waals surface area contributed by atoms with E-state index in [4.69, 9.17) is 0 Å².